The van der Waals surface area contributed by atoms with Crippen LogP contribution in [0.4, 0.5) is 0 Å². The van der Waals surface area contributed by atoms with Crippen LogP contribution < -0.4 is 9.88 Å². The largest absolute Gasteiger partial charge is 0.491 e. The SMILES string of the molecule is N#Cc1ccccc1OCCN1CCN(S(=O)(=O)c2ccc(S(N)(=O)=O)cc2)CC1. The molecule has 0 spiro atoms. The first-order chi connectivity index (χ1) is 14.2. The highest BCUT2D eigenvalue weighted by Crippen LogP contribution is 2.20. The number of nitrogens with two attached hydrogens (primary N) is 1. The van der Waals surface area contributed by atoms with Gasteiger partial charge >= 0.3 is 0 Å². The number of hydrogen-bond acceptors (Lipinski definition) is 7. The number of ether oxygens (including phenoxy) is 1. The number of nitriles is 1. The molecule has 1 aliphatic heterocycles. The summed E-state index contributed by atoms with van der Waals surface area (Å²) in [4.78, 5) is 1.98. The number of rotatable bonds is 7. The van der Waals surface area contributed by atoms with E-state index in [9.17, 15) is 16.8 Å². The Labute approximate surface area is 176 Å². The average molecular weight is 451 g/mol. The van der Waals surface area contributed by atoms with Crippen molar-refractivity contribution in [2.24, 2.45) is 5.14 Å². The molecule has 9 nitrogen and oxygen atoms in total. The topological polar surface area (TPSA) is 134 Å². The molecule has 3 rings (SSSR count). The fraction of sp³-hybridized carbons (Fsp3) is 0.316. The van der Waals surface area contributed by atoms with E-state index in [1.165, 1.54) is 28.6 Å². The lowest BCUT2D eigenvalue weighted by Gasteiger charge is -2.33. The fourth-order valence-electron chi connectivity index (χ4n) is 3.11. The number of hydrogen-bond donors (Lipinski definition) is 1. The molecule has 2 aromatic carbocycles. The van der Waals surface area contributed by atoms with Gasteiger partial charge in [0.25, 0.3) is 0 Å². The van der Waals surface area contributed by atoms with Gasteiger partial charge in [-0.25, -0.2) is 22.0 Å². The summed E-state index contributed by atoms with van der Waals surface area (Å²) in [5.41, 5.74) is 0.474. The molecule has 0 amide bonds. The molecular formula is C19H22N4O5S2. The van der Waals surface area contributed by atoms with Gasteiger partial charge in [0.1, 0.15) is 18.4 Å². The van der Waals surface area contributed by atoms with E-state index in [4.69, 9.17) is 15.1 Å². The van der Waals surface area contributed by atoms with E-state index in [-0.39, 0.29) is 9.79 Å². The Hall–Kier alpha value is -2.49. The highest BCUT2D eigenvalue weighted by molar-refractivity contribution is 7.89. The summed E-state index contributed by atoms with van der Waals surface area (Å²) in [7, 11) is -7.59. The lowest BCUT2D eigenvalue weighted by molar-refractivity contribution is 0.158. The highest BCUT2D eigenvalue weighted by atomic mass is 32.2. The van der Waals surface area contributed by atoms with E-state index in [1.807, 2.05) is 0 Å². The van der Waals surface area contributed by atoms with Gasteiger partial charge in [-0.3, -0.25) is 4.90 Å². The molecule has 0 atom stereocenters. The summed E-state index contributed by atoms with van der Waals surface area (Å²) in [6.45, 7) is 2.70. The Morgan fingerprint density at radius 2 is 1.53 bits per heavy atom. The quantitative estimate of drug-likeness (QED) is 0.652. The summed E-state index contributed by atoms with van der Waals surface area (Å²) in [6.07, 6.45) is 0. The maximum Gasteiger partial charge on any atom is 0.243 e. The molecule has 0 aliphatic carbocycles. The zero-order chi connectivity index (χ0) is 21.8. The predicted molar refractivity (Wildman–Crippen MR) is 110 cm³/mol. The van der Waals surface area contributed by atoms with Crippen molar-refractivity contribution < 1.29 is 21.6 Å². The zero-order valence-electron chi connectivity index (χ0n) is 16.1. The Kier molecular flexibility index (Phi) is 6.74. The van der Waals surface area contributed by atoms with Crippen molar-refractivity contribution in [3.05, 3.63) is 54.1 Å². The molecule has 0 saturated carbocycles. The molecule has 11 heteroatoms. The summed E-state index contributed by atoms with van der Waals surface area (Å²) < 4.78 is 55.3. The van der Waals surface area contributed by atoms with Crippen LogP contribution in [0.25, 0.3) is 0 Å². The molecule has 1 saturated heterocycles. The van der Waals surface area contributed by atoms with Gasteiger partial charge < -0.3 is 4.74 Å². The lowest BCUT2D eigenvalue weighted by Crippen LogP contribution is -2.49. The second-order valence-electron chi connectivity index (χ2n) is 6.72. The van der Waals surface area contributed by atoms with Crippen LogP contribution in [0.5, 0.6) is 5.75 Å². The molecule has 0 unspecified atom stereocenters. The molecule has 0 bridgehead atoms. The third-order valence-electron chi connectivity index (χ3n) is 4.79. The molecule has 2 aromatic rings. The summed E-state index contributed by atoms with van der Waals surface area (Å²) in [6, 6.07) is 14.0. The van der Waals surface area contributed by atoms with Gasteiger partial charge in [0.05, 0.1) is 15.4 Å². The van der Waals surface area contributed by atoms with Gasteiger partial charge in [-0.2, -0.15) is 9.57 Å². The van der Waals surface area contributed by atoms with Gasteiger partial charge in [-0.05, 0) is 36.4 Å². The van der Waals surface area contributed by atoms with Crippen molar-refractivity contribution in [2.45, 2.75) is 9.79 Å². The number of nitrogens with zero attached hydrogens (tertiary/aromatic N) is 3. The van der Waals surface area contributed by atoms with E-state index >= 15 is 0 Å². The molecule has 1 fully saturated rings. The molecule has 1 heterocycles. The van der Waals surface area contributed by atoms with Gasteiger partial charge in [-0.1, -0.05) is 12.1 Å². The molecule has 30 heavy (non-hydrogen) atoms. The van der Waals surface area contributed by atoms with Crippen LogP contribution in [0, 0.1) is 11.3 Å². The monoisotopic (exact) mass is 450 g/mol. The number of primary sulfonamides is 1. The van der Waals surface area contributed by atoms with Crippen LogP contribution in [0.3, 0.4) is 0 Å². The van der Waals surface area contributed by atoms with Gasteiger partial charge in [0, 0.05) is 32.7 Å². The lowest BCUT2D eigenvalue weighted by atomic mass is 10.2. The van der Waals surface area contributed by atoms with E-state index in [1.54, 1.807) is 24.3 Å². The first kappa shape index (κ1) is 22.2. The number of benzene rings is 2. The maximum atomic E-state index is 12.8. The predicted octanol–water partition coefficient (Wildman–Crippen LogP) is 0.591. The Bertz CT molecular complexity index is 1130. The first-order valence-electron chi connectivity index (χ1n) is 9.19. The number of piperazine rings is 1. The van der Waals surface area contributed by atoms with Crippen molar-refractivity contribution in [3.8, 4) is 11.8 Å². The summed E-state index contributed by atoms with van der Waals surface area (Å²) >= 11 is 0. The Morgan fingerprint density at radius 3 is 2.13 bits per heavy atom. The van der Waals surface area contributed by atoms with E-state index in [0.717, 1.165) is 0 Å². The van der Waals surface area contributed by atoms with Crippen molar-refractivity contribution in [2.75, 3.05) is 39.3 Å². The van der Waals surface area contributed by atoms with Crippen molar-refractivity contribution in [3.63, 3.8) is 0 Å². The van der Waals surface area contributed by atoms with E-state index in [0.29, 0.717) is 50.6 Å². The molecule has 0 radical (unpaired) electrons. The second kappa shape index (κ2) is 9.11. The van der Waals surface area contributed by atoms with E-state index < -0.39 is 20.0 Å². The average Bonchev–Trinajstić information content (AvgIpc) is 2.74. The minimum atomic E-state index is -3.88. The Balaban J connectivity index is 1.54. The highest BCUT2D eigenvalue weighted by Gasteiger charge is 2.28. The molecule has 0 aromatic heterocycles. The first-order valence-corrected chi connectivity index (χ1v) is 12.2. The minimum absolute atomic E-state index is 0.0276. The maximum absolute atomic E-state index is 12.8. The normalized spacial score (nSPS) is 16.1. The third-order valence-corrected chi connectivity index (χ3v) is 7.64. The standard InChI is InChI=1S/C19H22N4O5S2/c20-15-16-3-1-2-4-19(16)28-14-13-22-9-11-23(12-10-22)30(26,27)18-7-5-17(6-8-18)29(21,24)25/h1-8H,9-14H2,(H2,21,24,25). The van der Waals surface area contributed by atoms with Crippen LogP contribution in [-0.2, 0) is 20.0 Å². The van der Waals surface area contributed by atoms with Gasteiger partial charge in [-0.15, -0.1) is 0 Å². The van der Waals surface area contributed by atoms with Crippen LogP contribution in [0.1, 0.15) is 5.56 Å². The Morgan fingerprint density at radius 1 is 0.933 bits per heavy atom. The molecular weight excluding hydrogens is 428 g/mol. The fourth-order valence-corrected chi connectivity index (χ4v) is 5.05. The van der Waals surface area contributed by atoms with Crippen LogP contribution in [0.15, 0.2) is 58.3 Å². The molecule has 2 N–H and O–H groups in total. The van der Waals surface area contributed by atoms with Crippen molar-refractivity contribution >= 4 is 20.0 Å². The number of sulfonamides is 2. The third kappa shape index (κ3) is 5.16. The van der Waals surface area contributed by atoms with Crippen LogP contribution in [-0.4, -0.2) is 65.4 Å². The summed E-state index contributed by atoms with van der Waals surface area (Å²) in [5.74, 6) is 0.532. The summed E-state index contributed by atoms with van der Waals surface area (Å²) in [5, 5.41) is 14.1. The van der Waals surface area contributed by atoms with E-state index in [2.05, 4.69) is 11.0 Å². The molecule has 1 aliphatic rings. The van der Waals surface area contributed by atoms with Crippen LogP contribution >= 0.6 is 0 Å². The minimum Gasteiger partial charge on any atom is -0.491 e. The second-order valence-corrected chi connectivity index (χ2v) is 10.2. The number of para-hydroxylation sites is 1. The van der Waals surface area contributed by atoms with Crippen molar-refractivity contribution in [1.29, 1.82) is 5.26 Å². The van der Waals surface area contributed by atoms with Gasteiger partial charge in [0.2, 0.25) is 20.0 Å². The van der Waals surface area contributed by atoms with Crippen molar-refractivity contribution in [1.82, 2.24) is 9.21 Å². The van der Waals surface area contributed by atoms with Crippen LogP contribution in [0.2, 0.25) is 0 Å². The smallest absolute Gasteiger partial charge is 0.243 e. The van der Waals surface area contributed by atoms with Gasteiger partial charge in [0.15, 0.2) is 0 Å². The zero-order valence-corrected chi connectivity index (χ0v) is 17.8. The molecule has 160 valence electrons.